The van der Waals surface area contributed by atoms with Gasteiger partial charge in [-0.15, -0.1) is 0 Å². The van der Waals surface area contributed by atoms with Crippen LogP contribution in [0.3, 0.4) is 0 Å². The minimum absolute atomic E-state index is 0.00590. The lowest BCUT2D eigenvalue weighted by atomic mass is 10.1. The molecule has 3 aromatic rings. The predicted molar refractivity (Wildman–Crippen MR) is 118 cm³/mol. The van der Waals surface area contributed by atoms with Crippen molar-refractivity contribution in [1.29, 1.82) is 5.26 Å². The van der Waals surface area contributed by atoms with Gasteiger partial charge in [0.05, 0.1) is 16.8 Å². The van der Waals surface area contributed by atoms with E-state index in [0.717, 1.165) is 6.07 Å². The summed E-state index contributed by atoms with van der Waals surface area (Å²) in [5.74, 6) is 3.22. The van der Waals surface area contributed by atoms with Crippen LogP contribution in [0.15, 0.2) is 42.7 Å². The highest BCUT2D eigenvalue weighted by Crippen LogP contribution is 2.22. The molecule has 2 aromatic carbocycles. The highest BCUT2D eigenvalue weighted by atomic mass is 35.5. The van der Waals surface area contributed by atoms with E-state index in [2.05, 4.69) is 27.1 Å². The minimum atomic E-state index is -3.14. The van der Waals surface area contributed by atoms with Gasteiger partial charge in [0.1, 0.15) is 11.9 Å². The number of benzene rings is 2. The smallest absolute Gasteiger partial charge is 0.237 e. The zero-order valence-electron chi connectivity index (χ0n) is 16.0. The zero-order chi connectivity index (χ0) is 22.6. The lowest BCUT2D eigenvalue weighted by Gasteiger charge is -2.23. The Bertz CT molecular complexity index is 1240. The van der Waals surface area contributed by atoms with Gasteiger partial charge >= 0.3 is 0 Å². The van der Waals surface area contributed by atoms with Crippen LogP contribution in [0.5, 0.6) is 0 Å². The summed E-state index contributed by atoms with van der Waals surface area (Å²) in [4.78, 5) is 18.4. The first kappa shape index (κ1) is 22.7. The fourth-order valence-corrected chi connectivity index (χ4v) is 5.44. The number of hydrogen-bond acceptors (Lipinski definition) is 5. The van der Waals surface area contributed by atoms with Crippen molar-refractivity contribution in [3.63, 3.8) is 0 Å². The Morgan fingerprint density at radius 2 is 1.84 bits per heavy atom. The van der Waals surface area contributed by atoms with E-state index >= 15 is 0 Å². The number of halogens is 4. The first-order valence-corrected chi connectivity index (χ1v) is 12.3. The maximum absolute atomic E-state index is 14.9. The molecule has 0 saturated heterocycles. The lowest BCUT2D eigenvalue weighted by Crippen LogP contribution is -2.52. The number of nitrogens with one attached hydrogen (secondary N) is 1. The Labute approximate surface area is 188 Å². The van der Waals surface area contributed by atoms with Crippen LogP contribution < -0.4 is 10.5 Å². The molecule has 0 aliphatic rings. The van der Waals surface area contributed by atoms with Gasteiger partial charge in [0, 0.05) is 28.6 Å². The van der Waals surface area contributed by atoms with Gasteiger partial charge in [-0.25, -0.2) is 18.7 Å². The molecule has 1 heterocycles. The van der Waals surface area contributed by atoms with Gasteiger partial charge in [0.25, 0.3) is 0 Å². The SMILES string of the molecule is C[Si](O)(CNc1ccc(F)c(C#Cc2cnc(C#N)nc2)c1F)c1cc(Cl)ccc1Cl. The van der Waals surface area contributed by atoms with Gasteiger partial charge in [0.2, 0.25) is 14.1 Å². The van der Waals surface area contributed by atoms with Crippen molar-refractivity contribution >= 4 is 42.4 Å². The van der Waals surface area contributed by atoms with E-state index in [-0.39, 0.29) is 17.7 Å². The summed E-state index contributed by atoms with van der Waals surface area (Å²) in [6.45, 7) is 1.63. The van der Waals surface area contributed by atoms with Crippen LogP contribution in [0.1, 0.15) is 17.0 Å². The highest BCUT2D eigenvalue weighted by Gasteiger charge is 2.30. The van der Waals surface area contributed by atoms with E-state index in [1.54, 1.807) is 30.8 Å². The molecule has 0 amide bonds. The molecule has 0 aliphatic carbocycles. The second-order valence-electron chi connectivity index (χ2n) is 6.69. The molecule has 31 heavy (non-hydrogen) atoms. The molecule has 0 radical (unpaired) electrons. The van der Waals surface area contributed by atoms with Gasteiger partial charge in [-0.2, -0.15) is 5.26 Å². The third-order valence-electron chi connectivity index (χ3n) is 4.31. The number of hydrogen-bond donors (Lipinski definition) is 2. The summed E-state index contributed by atoms with van der Waals surface area (Å²) in [6, 6.07) is 8.84. The molecule has 5 nitrogen and oxygen atoms in total. The third-order valence-corrected chi connectivity index (χ3v) is 7.47. The molecule has 0 saturated carbocycles. The molecule has 1 unspecified atom stereocenters. The molecule has 1 atom stereocenters. The van der Waals surface area contributed by atoms with E-state index in [4.69, 9.17) is 28.5 Å². The summed E-state index contributed by atoms with van der Waals surface area (Å²) in [5.41, 5.74) is -0.175. The fourth-order valence-electron chi connectivity index (χ4n) is 2.66. The lowest BCUT2D eigenvalue weighted by molar-refractivity contribution is 0.560. The monoisotopic (exact) mass is 474 g/mol. The van der Waals surface area contributed by atoms with Crippen LogP contribution in [0.4, 0.5) is 14.5 Å². The van der Waals surface area contributed by atoms with Crippen molar-refractivity contribution in [2.24, 2.45) is 0 Å². The molecule has 0 aliphatic heterocycles. The maximum Gasteiger partial charge on any atom is 0.237 e. The van der Waals surface area contributed by atoms with Gasteiger partial charge < -0.3 is 10.1 Å². The minimum Gasteiger partial charge on any atom is -0.426 e. The summed E-state index contributed by atoms with van der Waals surface area (Å²) >= 11 is 12.2. The molecule has 10 heteroatoms. The van der Waals surface area contributed by atoms with Gasteiger partial charge in [0.15, 0.2) is 5.82 Å². The average Bonchev–Trinajstić information content (AvgIpc) is 2.75. The van der Waals surface area contributed by atoms with Crippen LogP contribution in [0, 0.1) is 34.8 Å². The van der Waals surface area contributed by atoms with Crippen LogP contribution in [-0.2, 0) is 0 Å². The van der Waals surface area contributed by atoms with Crippen molar-refractivity contribution in [2.45, 2.75) is 6.55 Å². The van der Waals surface area contributed by atoms with Crippen molar-refractivity contribution in [3.8, 4) is 17.9 Å². The Kier molecular flexibility index (Phi) is 6.89. The zero-order valence-corrected chi connectivity index (χ0v) is 18.6. The predicted octanol–water partition coefficient (Wildman–Crippen LogP) is 3.76. The molecule has 3 rings (SSSR count). The molecular formula is C21H14Cl2F2N4OSi. The number of rotatable bonds is 4. The Balaban J connectivity index is 1.84. The third kappa shape index (κ3) is 5.38. The molecule has 0 fully saturated rings. The molecule has 0 bridgehead atoms. The summed E-state index contributed by atoms with van der Waals surface area (Å²) in [5, 5.41) is 12.8. The van der Waals surface area contributed by atoms with E-state index in [1.165, 1.54) is 18.5 Å². The summed E-state index contributed by atoms with van der Waals surface area (Å²) in [6.07, 6.45) is 2.58. The van der Waals surface area contributed by atoms with Crippen LogP contribution >= 0.6 is 23.2 Å². The largest absolute Gasteiger partial charge is 0.426 e. The van der Waals surface area contributed by atoms with Gasteiger partial charge in [-0.05, 0) is 42.1 Å². The van der Waals surface area contributed by atoms with Gasteiger partial charge in [-0.3, -0.25) is 0 Å². The first-order chi connectivity index (χ1) is 14.7. The molecule has 0 spiro atoms. The van der Waals surface area contributed by atoms with E-state index < -0.39 is 25.5 Å². The van der Waals surface area contributed by atoms with Crippen LogP contribution in [0.2, 0.25) is 16.6 Å². The molecule has 156 valence electrons. The Morgan fingerprint density at radius 1 is 1.13 bits per heavy atom. The summed E-state index contributed by atoms with van der Waals surface area (Å²) < 4.78 is 29.1. The molecule has 2 N–H and O–H groups in total. The standard InChI is InChI=1S/C21H14Cl2F2N4OSi/c1-31(30,19-8-14(22)3-5-16(19)23)12-29-18-7-6-17(24)15(21(18)25)4-2-13-10-27-20(9-26)28-11-13/h3,5-8,10-11,29-30H,12H2,1H3. The topological polar surface area (TPSA) is 81.8 Å². The Morgan fingerprint density at radius 3 is 2.52 bits per heavy atom. The first-order valence-electron chi connectivity index (χ1n) is 8.85. The van der Waals surface area contributed by atoms with E-state index in [9.17, 15) is 13.6 Å². The van der Waals surface area contributed by atoms with E-state index in [1.807, 2.05) is 0 Å². The van der Waals surface area contributed by atoms with Crippen molar-refractivity contribution < 1.29 is 13.6 Å². The number of anilines is 1. The number of aromatic nitrogens is 2. The number of nitriles is 1. The average molecular weight is 475 g/mol. The van der Waals surface area contributed by atoms with Crippen molar-refractivity contribution in [2.75, 3.05) is 11.5 Å². The Hall–Kier alpha value is -3.01. The summed E-state index contributed by atoms with van der Waals surface area (Å²) in [7, 11) is -3.14. The normalized spacial score (nSPS) is 12.3. The quantitative estimate of drug-likeness (QED) is 0.444. The van der Waals surface area contributed by atoms with E-state index in [0.29, 0.717) is 20.8 Å². The van der Waals surface area contributed by atoms with Gasteiger partial charge in [-0.1, -0.05) is 35.0 Å². The molecule has 1 aromatic heterocycles. The van der Waals surface area contributed by atoms with Crippen molar-refractivity contribution in [3.05, 3.63) is 81.4 Å². The second-order valence-corrected chi connectivity index (χ2v) is 11.0. The number of nitrogens with zero attached hydrogens (tertiary/aromatic N) is 3. The van der Waals surface area contributed by atoms with Crippen molar-refractivity contribution in [1.82, 2.24) is 9.97 Å². The highest BCUT2D eigenvalue weighted by molar-refractivity contribution is 6.86. The second kappa shape index (κ2) is 9.42. The van der Waals surface area contributed by atoms with Crippen LogP contribution in [0.25, 0.3) is 0 Å². The van der Waals surface area contributed by atoms with Crippen LogP contribution in [-0.4, -0.2) is 29.2 Å². The maximum atomic E-state index is 14.9. The molecular weight excluding hydrogens is 461 g/mol. The fraction of sp³-hybridized carbons (Fsp3) is 0.0952.